The molecular weight excluding hydrogens is 477 g/mol. The smallest absolute Gasteiger partial charge is 0.262 e. The van der Waals surface area contributed by atoms with Gasteiger partial charge >= 0.3 is 0 Å². The Morgan fingerprint density at radius 1 is 0.812 bits per heavy atom. The second-order valence-electron chi connectivity index (χ2n) is 6.77. The Balaban J connectivity index is 1.69. The maximum Gasteiger partial charge on any atom is 0.262 e. The van der Waals surface area contributed by atoms with E-state index in [9.17, 15) is 26.0 Å². The van der Waals surface area contributed by atoms with E-state index in [2.05, 4.69) is 9.44 Å². The van der Waals surface area contributed by atoms with Crippen molar-refractivity contribution in [2.75, 3.05) is 9.44 Å². The predicted octanol–water partition coefficient (Wildman–Crippen LogP) is 3.34. The molecule has 1 heterocycles. The van der Waals surface area contributed by atoms with Crippen LogP contribution in [0.2, 0.25) is 0 Å². The van der Waals surface area contributed by atoms with Crippen LogP contribution in [0.3, 0.4) is 0 Å². The Morgan fingerprint density at radius 2 is 1.41 bits per heavy atom. The number of anilines is 2. The summed E-state index contributed by atoms with van der Waals surface area (Å²) < 4.78 is 70.6. The van der Waals surface area contributed by atoms with Crippen molar-refractivity contribution in [1.82, 2.24) is 3.96 Å². The first-order valence-corrected chi connectivity index (χ1v) is 12.8. The van der Waals surface area contributed by atoms with Crippen molar-refractivity contribution in [3.05, 3.63) is 82.1 Å². The fourth-order valence-corrected chi connectivity index (χ4v) is 6.03. The first kappa shape index (κ1) is 22.0. The first-order chi connectivity index (χ1) is 15.1. The van der Waals surface area contributed by atoms with Crippen LogP contribution in [0, 0.1) is 5.82 Å². The van der Waals surface area contributed by atoms with Gasteiger partial charge in [-0.25, -0.2) is 21.2 Å². The summed E-state index contributed by atoms with van der Waals surface area (Å²) in [7, 11) is -6.63. The Kier molecular flexibility index (Phi) is 5.53. The number of halogens is 1. The molecule has 12 heteroatoms. The molecule has 8 nitrogen and oxygen atoms in total. The fraction of sp³-hybridized carbons (Fsp3) is 0.0500. The Hall–Kier alpha value is -3.22. The van der Waals surface area contributed by atoms with E-state index in [1.54, 1.807) is 11.0 Å². The maximum atomic E-state index is 13.5. The van der Waals surface area contributed by atoms with Crippen molar-refractivity contribution in [3.8, 4) is 0 Å². The van der Waals surface area contributed by atoms with Crippen LogP contribution in [0.1, 0.15) is 0 Å². The van der Waals surface area contributed by atoms with E-state index in [0.717, 1.165) is 23.7 Å². The second-order valence-corrected chi connectivity index (χ2v) is 11.2. The molecule has 4 rings (SSSR count). The summed E-state index contributed by atoms with van der Waals surface area (Å²) in [4.78, 5) is 11.6. The highest BCUT2D eigenvalue weighted by Gasteiger charge is 2.21. The predicted molar refractivity (Wildman–Crippen MR) is 122 cm³/mol. The zero-order chi connectivity index (χ0) is 23.1. The van der Waals surface area contributed by atoms with E-state index in [4.69, 9.17) is 0 Å². The van der Waals surface area contributed by atoms with Gasteiger partial charge in [0.1, 0.15) is 5.82 Å². The lowest BCUT2D eigenvalue weighted by Gasteiger charge is -2.14. The van der Waals surface area contributed by atoms with Crippen LogP contribution in [0.5, 0.6) is 0 Å². The van der Waals surface area contributed by atoms with Gasteiger partial charge in [-0.2, -0.15) is 0 Å². The lowest BCUT2D eigenvalue weighted by Crippen LogP contribution is -2.17. The molecule has 0 saturated carbocycles. The third-order valence-electron chi connectivity index (χ3n) is 4.58. The Labute approximate surface area is 187 Å². The highest BCUT2D eigenvalue weighted by molar-refractivity contribution is 7.93. The molecule has 32 heavy (non-hydrogen) atoms. The molecule has 0 spiro atoms. The normalized spacial score (nSPS) is 12.1. The van der Waals surface area contributed by atoms with Crippen LogP contribution < -0.4 is 14.2 Å². The lowest BCUT2D eigenvalue weighted by molar-refractivity contribution is 0.595. The number of hydrogen-bond acceptors (Lipinski definition) is 6. The van der Waals surface area contributed by atoms with Crippen LogP contribution in [-0.2, 0) is 27.1 Å². The summed E-state index contributed by atoms with van der Waals surface area (Å²) in [5.41, 5.74) is 0.515. The highest BCUT2D eigenvalue weighted by atomic mass is 32.2. The van der Waals surface area contributed by atoms with Gasteiger partial charge in [0.25, 0.3) is 24.8 Å². The molecule has 0 amide bonds. The molecule has 0 aliphatic heterocycles. The van der Waals surface area contributed by atoms with Gasteiger partial charge in [-0.1, -0.05) is 18.2 Å². The van der Waals surface area contributed by atoms with Crippen LogP contribution in [0.15, 0.2) is 81.3 Å². The average molecular weight is 494 g/mol. The Bertz CT molecular complexity index is 1610. The van der Waals surface area contributed by atoms with Gasteiger partial charge in [-0.05, 0) is 60.1 Å². The molecule has 0 aliphatic carbocycles. The molecule has 0 aliphatic rings. The topological polar surface area (TPSA) is 114 Å². The van der Waals surface area contributed by atoms with Crippen molar-refractivity contribution in [2.24, 2.45) is 7.05 Å². The van der Waals surface area contributed by atoms with Gasteiger partial charge < -0.3 is 0 Å². The van der Waals surface area contributed by atoms with Crippen molar-refractivity contribution in [2.45, 2.75) is 9.79 Å². The van der Waals surface area contributed by atoms with E-state index < -0.39 is 25.9 Å². The zero-order valence-corrected chi connectivity index (χ0v) is 18.9. The third-order valence-corrected chi connectivity index (χ3v) is 8.16. The third kappa shape index (κ3) is 4.24. The maximum absolute atomic E-state index is 13.5. The molecule has 0 saturated heterocycles. The summed E-state index contributed by atoms with van der Waals surface area (Å²) in [6.45, 7) is 0. The zero-order valence-electron chi connectivity index (χ0n) is 16.4. The highest BCUT2D eigenvalue weighted by Crippen LogP contribution is 2.28. The average Bonchev–Trinajstić information content (AvgIpc) is 3.02. The molecule has 166 valence electrons. The molecule has 0 unspecified atom stereocenters. The molecule has 1 aromatic heterocycles. The standard InChI is InChI=1S/C20H16FN3O5S3/c1-24-19-10-9-15(12-16(19)20(25)30-24)32(28,29)23-18-8-3-2-7-17(18)22-31(26,27)14-6-4-5-13(21)11-14/h2-12,22-23H,1H3. The number of benzene rings is 3. The number of aryl methyl sites for hydroxylation is 1. The minimum absolute atomic E-state index is 0.0363. The molecule has 0 fully saturated rings. The second kappa shape index (κ2) is 8.04. The first-order valence-electron chi connectivity index (χ1n) is 9.07. The van der Waals surface area contributed by atoms with E-state index >= 15 is 0 Å². The number of para-hydroxylation sites is 2. The van der Waals surface area contributed by atoms with E-state index in [1.807, 2.05) is 0 Å². The molecule has 2 N–H and O–H groups in total. The summed E-state index contributed by atoms with van der Waals surface area (Å²) in [5, 5.41) is 0.264. The molecular formula is C20H16FN3O5S3. The quantitative estimate of drug-likeness (QED) is 0.428. The number of aromatic nitrogens is 1. The van der Waals surface area contributed by atoms with Crippen LogP contribution in [-0.4, -0.2) is 20.8 Å². The minimum Gasteiger partial charge on any atom is -0.297 e. The van der Waals surface area contributed by atoms with Crippen LogP contribution in [0.25, 0.3) is 10.9 Å². The summed E-state index contributed by atoms with van der Waals surface area (Å²) in [6, 6.07) is 14.4. The summed E-state index contributed by atoms with van der Waals surface area (Å²) in [5.74, 6) is -0.725. The monoisotopic (exact) mass is 493 g/mol. The van der Waals surface area contributed by atoms with Crippen LogP contribution >= 0.6 is 11.5 Å². The number of fused-ring (bicyclic) bond motifs is 1. The van der Waals surface area contributed by atoms with Gasteiger partial charge in [0.15, 0.2) is 0 Å². The number of hydrogen-bond donors (Lipinski definition) is 2. The molecule has 0 radical (unpaired) electrons. The van der Waals surface area contributed by atoms with E-state index in [1.165, 1.54) is 54.6 Å². The summed E-state index contributed by atoms with van der Waals surface area (Å²) in [6.07, 6.45) is 0. The van der Waals surface area contributed by atoms with Gasteiger partial charge in [0.2, 0.25) is 0 Å². The van der Waals surface area contributed by atoms with Crippen molar-refractivity contribution in [3.63, 3.8) is 0 Å². The molecule has 4 aromatic rings. The fourth-order valence-electron chi connectivity index (χ4n) is 3.05. The number of nitrogens with one attached hydrogen (secondary N) is 2. The summed E-state index contributed by atoms with van der Waals surface area (Å²) >= 11 is 0.956. The number of sulfonamides is 2. The number of rotatable bonds is 6. The molecule has 3 aromatic carbocycles. The van der Waals surface area contributed by atoms with Crippen molar-refractivity contribution in [1.29, 1.82) is 0 Å². The Morgan fingerprint density at radius 3 is 2.00 bits per heavy atom. The minimum atomic E-state index is -4.18. The van der Waals surface area contributed by atoms with E-state index in [-0.39, 0.29) is 31.3 Å². The SMILES string of the molecule is Cn1sc(=O)c2cc(S(=O)(=O)Nc3ccccc3NS(=O)(=O)c3cccc(F)c3)ccc21. The van der Waals surface area contributed by atoms with Crippen molar-refractivity contribution >= 4 is 53.9 Å². The largest absolute Gasteiger partial charge is 0.297 e. The van der Waals surface area contributed by atoms with Gasteiger partial charge in [0, 0.05) is 7.05 Å². The van der Waals surface area contributed by atoms with E-state index in [0.29, 0.717) is 5.52 Å². The molecule has 0 bridgehead atoms. The number of nitrogens with zero attached hydrogens (tertiary/aromatic N) is 1. The van der Waals surface area contributed by atoms with Gasteiger partial charge in [-0.3, -0.25) is 18.2 Å². The van der Waals surface area contributed by atoms with Crippen molar-refractivity contribution < 1.29 is 21.2 Å². The lowest BCUT2D eigenvalue weighted by atomic mass is 10.2. The van der Waals surface area contributed by atoms with Crippen LogP contribution in [0.4, 0.5) is 15.8 Å². The van der Waals surface area contributed by atoms with Gasteiger partial charge in [-0.15, -0.1) is 0 Å². The van der Waals surface area contributed by atoms with Gasteiger partial charge in [0.05, 0.1) is 32.1 Å². The molecule has 0 atom stereocenters.